The summed E-state index contributed by atoms with van der Waals surface area (Å²) in [4.78, 5) is 24.3. The van der Waals surface area contributed by atoms with Crippen molar-refractivity contribution in [3.05, 3.63) is 48.3 Å². The van der Waals surface area contributed by atoms with Crippen LogP contribution in [0.15, 0.2) is 42.6 Å². The third kappa shape index (κ3) is 4.16. The summed E-state index contributed by atoms with van der Waals surface area (Å²) in [5.74, 6) is -1.49. The van der Waals surface area contributed by atoms with Crippen molar-refractivity contribution in [2.45, 2.75) is 6.61 Å². The standard InChI is InChI=1S/C15H17N3O4/c1-17-13(7-8-16-17)10-22-11-14(19)18(9-15(20)21)12-5-3-2-4-6-12/h2-8H,9-11H2,1H3,(H,20,21). The van der Waals surface area contributed by atoms with Gasteiger partial charge in [0.15, 0.2) is 0 Å². The number of aryl methyl sites for hydroxylation is 1. The number of anilines is 1. The van der Waals surface area contributed by atoms with Crippen molar-refractivity contribution in [3.63, 3.8) is 0 Å². The number of carboxylic acids is 1. The van der Waals surface area contributed by atoms with E-state index >= 15 is 0 Å². The summed E-state index contributed by atoms with van der Waals surface area (Å²) in [6.45, 7) is -0.372. The number of carboxylic acid groups (broad SMARTS) is 1. The minimum atomic E-state index is -1.08. The fourth-order valence-corrected chi connectivity index (χ4v) is 1.93. The van der Waals surface area contributed by atoms with E-state index in [9.17, 15) is 9.59 Å². The first-order chi connectivity index (χ1) is 10.6. The van der Waals surface area contributed by atoms with Crippen molar-refractivity contribution < 1.29 is 19.4 Å². The van der Waals surface area contributed by atoms with Gasteiger partial charge in [0.2, 0.25) is 0 Å². The zero-order valence-electron chi connectivity index (χ0n) is 12.2. The molecule has 116 valence electrons. The summed E-state index contributed by atoms with van der Waals surface area (Å²) in [5, 5.41) is 13.0. The highest BCUT2D eigenvalue weighted by molar-refractivity contribution is 5.98. The molecule has 7 nitrogen and oxygen atoms in total. The van der Waals surface area contributed by atoms with Crippen LogP contribution in [0, 0.1) is 0 Å². The largest absolute Gasteiger partial charge is 0.480 e. The van der Waals surface area contributed by atoms with Crippen LogP contribution < -0.4 is 4.90 Å². The van der Waals surface area contributed by atoms with Crippen molar-refractivity contribution in [2.24, 2.45) is 7.05 Å². The van der Waals surface area contributed by atoms with Crippen LogP contribution in [0.5, 0.6) is 0 Å². The lowest BCUT2D eigenvalue weighted by atomic mass is 10.3. The highest BCUT2D eigenvalue weighted by Gasteiger charge is 2.18. The van der Waals surface area contributed by atoms with Crippen molar-refractivity contribution in [1.29, 1.82) is 0 Å². The predicted octanol–water partition coefficient (Wildman–Crippen LogP) is 1.05. The maximum atomic E-state index is 12.2. The van der Waals surface area contributed by atoms with E-state index in [1.165, 1.54) is 4.90 Å². The first-order valence-electron chi connectivity index (χ1n) is 6.70. The molecule has 0 bridgehead atoms. The summed E-state index contributed by atoms with van der Waals surface area (Å²) in [7, 11) is 1.78. The molecule has 0 aliphatic carbocycles. The minimum absolute atomic E-state index is 0.201. The van der Waals surface area contributed by atoms with Gasteiger partial charge in [0.1, 0.15) is 13.2 Å². The minimum Gasteiger partial charge on any atom is -0.480 e. The van der Waals surface area contributed by atoms with Crippen LogP contribution in [0.3, 0.4) is 0 Å². The molecular formula is C15H17N3O4. The Morgan fingerprint density at radius 3 is 2.59 bits per heavy atom. The van der Waals surface area contributed by atoms with Crippen molar-refractivity contribution in [1.82, 2.24) is 9.78 Å². The molecule has 1 amide bonds. The number of ether oxygens (including phenoxy) is 1. The molecule has 0 atom stereocenters. The molecule has 2 aromatic rings. The molecule has 22 heavy (non-hydrogen) atoms. The molecular weight excluding hydrogens is 286 g/mol. The molecule has 1 N–H and O–H groups in total. The van der Waals surface area contributed by atoms with E-state index in [0.29, 0.717) is 5.69 Å². The van der Waals surface area contributed by atoms with Crippen molar-refractivity contribution in [2.75, 3.05) is 18.1 Å². The van der Waals surface area contributed by atoms with Gasteiger partial charge in [-0.25, -0.2) is 0 Å². The number of aromatic nitrogens is 2. The van der Waals surface area contributed by atoms with Gasteiger partial charge >= 0.3 is 5.97 Å². The molecule has 7 heteroatoms. The Labute approximate surface area is 127 Å². The van der Waals surface area contributed by atoms with E-state index in [0.717, 1.165) is 5.69 Å². The number of para-hydroxylation sites is 1. The Balaban J connectivity index is 1.97. The van der Waals surface area contributed by atoms with Crippen LogP contribution in [0.2, 0.25) is 0 Å². The third-order valence-corrected chi connectivity index (χ3v) is 3.06. The van der Waals surface area contributed by atoms with Gasteiger partial charge in [-0.2, -0.15) is 5.10 Å². The van der Waals surface area contributed by atoms with E-state index in [1.54, 1.807) is 54.3 Å². The lowest BCUT2D eigenvalue weighted by molar-refractivity contribution is -0.137. The first kappa shape index (κ1) is 15.7. The third-order valence-electron chi connectivity index (χ3n) is 3.06. The number of rotatable bonds is 7. The molecule has 0 aliphatic heterocycles. The van der Waals surface area contributed by atoms with Gasteiger partial charge in [-0.3, -0.25) is 19.2 Å². The molecule has 1 aromatic carbocycles. The number of hydrogen-bond donors (Lipinski definition) is 1. The topological polar surface area (TPSA) is 84.7 Å². The molecule has 0 radical (unpaired) electrons. The average molecular weight is 303 g/mol. The van der Waals surface area contributed by atoms with Crippen LogP contribution in [0.1, 0.15) is 5.69 Å². The van der Waals surface area contributed by atoms with Crippen molar-refractivity contribution >= 4 is 17.6 Å². The van der Waals surface area contributed by atoms with Crippen molar-refractivity contribution in [3.8, 4) is 0 Å². The number of hydrogen-bond acceptors (Lipinski definition) is 4. The predicted molar refractivity (Wildman–Crippen MR) is 79.3 cm³/mol. The first-order valence-corrected chi connectivity index (χ1v) is 6.70. The Hall–Kier alpha value is -2.67. The van der Waals surface area contributed by atoms with E-state index in [1.807, 2.05) is 0 Å². The van der Waals surface area contributed by atoms with Gasteiger partial charge < -0.3 is 9.84 Å². The summed E-state index contributed by atoms with van der Waals surface area (Å²) in [6.07, 6.45) is 1.64. The fourth-order valence-electron chi connectivity index (χ4n) is 1.93. The SMILES string of the molecule is Cn1nccc1COCC(=O)N(CC(=O)O)c1ccccc1. The maximum Gasteiger partial charge on any atom is 0.323 e. The van der Waals surface area contributed by atoms with Gasteiger partial charge in [-0.15, -0.1) is 0 Å². The van der Waals surface area contributed by atoms with Gasteiger partial charge in [-0.1, -0.05) is 18.2 Å². The number of nitrogens with zero attached hydrogens (tertiary/aromatic N) is 3. The average Bonchev–Trinajstić information content (AvgIpc) is 2.91. The Bertz CT molecular complexity index is 639. The number of benzene rings is 1. The van der Waals surface area contributed by atoms with Crippen LogP contribution in [-0.4, -0.2) is 39.9 Å². The molecule has 0 unspecified atom stereocenters. The molecule has 1 heterocycles. The molecule has 0 saturated heterocycles. The number of amides is 1. The van der Waals surface area contributed by atoms with E-state index < -0.39 is 18.4 Å². The normalized spacial score (nSPS) is 10.4. The van der Waals surface area contributed by atoms with Gasteiger partial charge in [0, 0.05) is 18.9 Å². The zero-order valence-corrected chi connectivity index (χ0v) is 12.2. The second-order valence-electron chi connectivity index (χ2n) is 4.65. The number of carbonyl (C=O) groups excluding carboxylic acids is 1. The Morgan fingerprint density at radius 2 is 2.00 bits per heavy atom. The van der Waals surface area contributed by atoms with E-state index in [-0.39, 0.29) is 13.2 Å². The molecule has 1 aromatic heterocycles. The Kier molecular flexibility index (Phi) is 5.26. The zero-order chi connectivity index (χ0) is 15.9. The van der Waals surface area contributed by atoms with Gasteiger partial charge in [0.25, 0.3) is 5.91 Å². The summed E-state index contributed by atoms with van der Waals surface area (Å²) in [5.41, 5.74) is 1.36. The van der Waals surface area contributed by atoms with Crippen LogP contribution >= 0.6 is 0 Å². The molecule has 0 spiro atoms. The van der Waals surface area contributed by atoms with Crippen LogP contribution in [-0.2, 0) is 28.0 Å². The van der Waals surface area contributed by atoms with Crippen LogP contribution in [0.25, 0.3) is 0 Å². The molecule has 0 saturated carbocycles. The lowest BCUT2D eigenvalue weighted by Gasteiger charge is -2.20. The number of carbonyl (C=O) groups is 2. The quantitative estimate of drug-likeness (QED) is 0.826. The lowest BCUT2D eigenvalue weighted by Crippen LogP contribution is -2.38. The molecule has 2 rings (SSSR count). The van der Waals surface area contributed by atoms with E-state index in [2.05, 4.69) is 5.10 Å². The van der Waals surface area contributed by atoms with Gasteiger partial charge in [0.05, 0.1) is 12.3 Å². The summed E-state index contributed by atoms with van der Waals surface area (Å²) in [6, 6.07) is 10.4. The fraction of sp³-hybridized carbons (Fsp3) is 0.267. The summed E-state index contributed by atoms with van der Waals surface area (Å²) < 4.78 is 7.01. The van der Waals surface area contributed by atoms with Gasteiger partial charge in [-0.05, 0) is 18.2 Å². The molecule has 0 fully saturated rings. The smallest absolute Gasteiger partial charge is 0.323 e. The van der Waals surface area contributed by atoms with E-state index in [4.69, 9.17) is 9.84 Å². The maximum absolute atomic E-state index is 12.2. The number of aliphatic carboxylic acids is 1. The highest BCUT2D eigenvalue weighted by Crippen LogP contribution is 2.13. The molecule has 0 aliphatic rings. The second kappa shape index (κ2) is 7.37. The van der Waals surface area contributed by atoms with Crippen LogP contribution in [0.4, 0.5) is 5.69 Å². The monoisotopic (exact) mass is 303 g/mol. The Morgan fingerprint density at radius 1 is 1.27 bits per heavy atom. The highest BCUT2D eigenvalue weighted by atomic mass is 16.5. The summed E-state index contributed by atoms with van der Waals surface area (Å²) >= 11 is 0. The second-order valence-corrected chi connectivity index (χ2v) is 4.65.